The van der Waals surface area contributed by atoms with E-state index in [2.05, 4.69) is 13.5 Å². The van der Waals surface area contributed by atoms with E-state index in [9.17, 15) is 5.11 Å². The van der Waals surface area contributed by atoms with E-state index in [1.807, 2.05) is 12.2 Å². The number of hydrogen-bond acceptors (Lipinski definition) is 1. The molecule has 11 heavy (non-hydrogen) atoms. The van der Waals surface area contributed by atoms with Crippen LogP contribution in [0.25, 0.3) is 0 Å². The Morgan fingerprint density at radius 3 is 2.73 bits per heavy atom. The van der Waals surface area contributed by atoms with E-state index in [0.29, 0.717) is 0 Å². The summed E-state index contributed by atoms with van der Waals surface area (Å²) in [7, 11) is 0. The smallest absolute Gasteiger partial charge is 0.0543 e. The molecule has 1 unspecified atom stereocenters. The normalized spacial score (nSPS) is 13.6. The highest BCUT2D eigenvalue weighted by atomic mass is 16.3. The molecule has 0 rings (SSSR count). The lowest BCUT2D eigenvalue weighted by atomic mass is 10.1. The second-order valence-corrected chi connectivity index (χ2v) is 2.68. The van der Waals surface area contributed by atoms with Crippen LogP contribution < -0.4 is 0 Å². The van der Waals surface area contributed by atoms with Gasteiger partial charge in [0.2, 0.25) is 0 Å². The Bertz CT molecular complexity index is 116. The maximum Gasteiger partial charge on any atom is 0.0543 e. The summed E-state index contributed by atoms with van der Waals surface area (Å²) in [5.74, 6) is 0. The van der Waals surface area contributed by atoms with E-state index in [-0.39, 0.29) is 6.10 Å². The van der Waals surface area contributed by atoms with E-state index in [1.54, 1.807) is 6.08 Å². The predicted octanol–water partition coefficient (Wildman–Crippen LogP) is 2.67. The molecular weight excluding hydrogens is 136 g/mol. The van der Waals surface area contributed by atoms with Gasteiger partial charge in [0, 0.05) is 0 Å². The maximum atomic E-state index is 9.29. The minimum atomic E-state index is -0.116. The Kier molecular flexibility index (Phi) is 7.16. The molecule has 0 aromatic rings. The average Bonchev–Trinajstić information content (AvgIpc) is 1.99. The Balaban J connectivity index is 3.22. The molecule has 0 fully saturated rings. The molecule has 1 heteroatoms. The molecule has 1 atom stereocenters. The molecule has 64 valence electrons. The summed E-state index contributed by atoms with van der Waals surface area (Å²) in [4.78, 5) is 0. The SMILES string of the molecule is C=C/C=C\CCC(O)CCC. The molecule has 0 aliphatic carbocycles. The maximum absolute atomic E-state index is 9.29. The predicted molar refractivity (Wildman–Crippen MR) is 49.5 cm³/mol. The van der Waals surface area contributed by atoms with Crippen LogP contribution in [-0.4, -0.2) is 11.2 Å². The Hall–Kier alpha value is -0.560. The molecule has 1 N–H and O–H groups in total. The van der Waals surface area contributed by atoms with E-state index >= 15 is 0 Å². The molecule has 0 saturated carbocycles. The van der Waals surface area contributed by atoms with Gasteiger partial charge < -0.3 is 5.11 Å². The summed E-state index contributed by atoms with van der Waals surface area (Å²) in [6.07, 6.45) is 9.39. The first kappa shape index (κ1) is 10.4. The van der Waals surface area contributed by atoms with Crippen molar-refractivity contribution in [3.63, 3.8) is 0 Å². The molecule has 0 heterocycles. The summed E-state index contributed by atoms with van der Waals surface area (Å²) < 4.78 is 0. The van der Waals surface area contributed by atoms with Crippen LogP contribution in [0, 0.1) is 0 Å². The van der Waals surface area contributed by atoms with Crippen LogP contribution in [0.4, 0.5) is 0 Å². The monoisotopic (exact) mass is 154 g/mol. The van der Waals surface area contributed by atoms with Gasteiger partial charge in [-0.15, -0.1) is 0 Å². The molecule has 0 aliphatic rings. The lowest BCUT2D eigenvalue weighted by Crippen LogP contribution is -2.04. The summed E-state index contributed by atoms with van der Waals surface area (Å²) in [5, 5.41) is 9.29. The van der Waals surface area contributed by atoms with Crippen molar-refractivity contribution in [1.82, 2.24) is 0 Å². The molecule has 0 amide bonds. The van der Waals surface area contributed by atoms with E-state index < -0.39 is 0 Å². The Morgan fingerprint density at radius 2 is 2.18 bits per heavy atom. The standard InChI is InChI=1S/C10H18O/c1-3-5-6-7-9-10(11)8-4-2/h3,5-6,10-11H,1,4,7-9H2,2H3/b6-5-. The number of aliphatic hydroxyl groups excluding tert-OH is 1. The van der Waals surface area contributed by atoms with Gasteiger partial charge in [-0.2, -0.15) is 0 Å². The van der Waals surface area contributed by atoms with Gasteiger partial charge in [0.15, 0.2) is 0 Å². The molecule has 0 spiro atoms. The minimum Gasteiger partial charge on any atom is -0.393 e. The summed E-state index contributed by atoms with van der Waals surface area (Å²) >= 11 is 0. The molecule has 0 radical (unpaired) electrons. The van der Waals surface area contributed by atoms with Crippen molar-refractivity contribution in [2.75, 3.05) is 0 Å². The largest absolute Gasteiger partial charge is 0.393 e. The zero-order valence-corrected chi connectivity index (χ0v) is 7.29. The van der Waals surface area contributed by atoms with Crippen LogP contribution in [0.2, 0.25) is 0 Å². The first-order valence-corrected chi connectivity index (χ1v) is 4.26. The van der Waals surface area contributed by atoms with Gasteiger partial charge in [0.1, 0.15) is 0 Å². The fourth-order valence-corrected chi connectivity index (χ4v) is 0.959. The van der Waals surface area contributed by atoms with Gasteiger partial charge in [-0.25, -0.2) is 0 Å². The fourth-order valence-electron chi connectivity index (χ4n) is 0.959. The van der Waals surface area contributed by atoms with Crippen molar-refractivity contribution in [1.29, 1.82) is 0 Å². The molecule has 0 aromatic heterocycles. The summed E-state index contributed by atoms with van der Waals surface area (Å²) in [6.45, 7) is 5.65. The first-order chi connectivity index (χ1) is 5.31. The zero-order chi connectivity index (χ0) is 8.53. The van der Waals surface area contributed by atoms with E-state index in [1.165, 1.54) is 0 Å². The molecule has 1 nitrogen and oxygen atoms in total. The van der Waals surface area contributed by atoms with Gasteiger partial charge in [0.25, 0.3) is 0 Å². The number of aliphatic hydroxyl groups is 1. The second kappa shape index (κ2) is 7.55. The minimum absolute atomic E-state index is 0.116. The zero-order valence-electron chi connectivity index (χ0n) is 7.29. The van der Waals surface area contributed by atoms with Crippen molar-refractivity contribution >= 4 is 0 Å². The van der Waals surface area contributed by atoms with Crippen molar-refractivity contribution in [2.24, 2.45) is 0 Å². The lowest BCUT2D eigenvalue weighted by Gasteiger charge is -2.05. The van der Waals surface area contributed by atoms with Crippen LogP contribution in [-0.2, 0) is 0 Å². The highest BCUT2D eigenvalue weighted by Crippen LogP contribution is 2.04. The van der Waals surface area contributed by atoms with Crippen LogP contribution in [0.1, 0.15) is 32.6 Å². The highest BCUT2D eigenvalue weighted by Gasteiger charge is 1.98. The quantitative estimate of drug-likeness (QED) is 0.583. The van der Waals surface area contributed by atoms with Gasteiger partial charge in [0.05, 0.1) is 6.10 Å². The number of allylic oxidation sites excluding steroid dienone is 3. The average molecular weight is 154 g/mol. The van der Waals surface area contributed by atoms with Crippen molar-refractivity contribution in [3.8, 4) is 0 Å². The number of rotatable bonds is 6. The van der Waals surface area contributed by atoms with Gasteiger partial charge in [-0.05, 0) is 19.3 Å². The molecule has 0 aliphatic heterocycles. The summed E-state index contributed by atoms with van der Waals surface area (Å²) in [5.41, 5.74) is 0. The van der Waals surface area contributed by atoms with Crippen molar-refractivity contribution < 1.29 is 5.11 Å². The molecule has 0 saturated heterocycles. The van der Waals surface area contributed by atoms with Gasteiger partial charge >= 0.3 is 0 Å². The molecule has 0 bridgehead atoms. The van der Waals surface area contributed by atoms with E-state index in [4.69, 9.17) is 0 Å². The topological polar surface area (TPSA) is 20.2 Å². The van der Waals surface area contributed by atoms with Crippen LogP contribution >= 0.6 is 0 Å². The molecule has 0 aromatic carbocycles. The highest BCUT2D eigenvalue weighted by molar-refractivity contribution is 4.96. The van der Waals surface area contributed by atoms with E-state index in [0.717, 1.165) is 25.7 Å². The van der Waals surface area contributed by atoms with Crippen LogP contribution in [0.5, 0.6) is 0 Å². The van der Waals surface area contributed by atoms with Crippen LogP contribution in [0.3, 0.4) is 0 Å². The first-order valence-electron chi connectivity index (χ1n) is 4.26. The third-order valence-electron chi connectivity index (χ3n) is 1.56. The third-order valence-corrected chi connectivity index (χ3v) is 1.56. The second-order valence-electron chi connectivity index (χ2n) is 2.68. The Morgan fingerprint density at radius 1 is 1.45 bits per heavy atom. The van der Waals surface area contributed by atoms with Gasteiger partial charge in [-0.3, -0.25) is 0 Å². The van der Waals surface area contributed by atoms with Crippen molar-refractivity contribution in [3.05, 3.63) is 24.8 Å². The van der Waals surface area contributed by atoms with Crippen LogP contribution in [0.15, 0.2) is 24.8 Å². The van der Waals surface area contributed by atoms with Crippen molar-refractivity contribution in [2.45, 2.75) is 38.7 Å². The molecular formula is C10H18O. The Labute approximate surface area is 69.4 Å². The lowest BCUT2D eigenvalue weighted by molar-refractivity contribution is 0.155. The number of hydrogen-bond donors (Lipinski definition) is 1. The summed E-state index contributed by atoms with van der Waals surface area (Å²) in [6, 6.07) is 0. The third kappa shape index (κ3) is 7.34. The fraction of sp³-hybridized carbons (Fsp3) is 0.600. The van der Waals surface area contributed by atoms with Gasteiger partial charge in [-0.1, -0.05) is 38.2 Å².